The second-order valence-corrected chi connectivity index (χ2v) is 10.7. The van der Waals surface area contributed by atoms with Gasteiger partial charge in [-0.15, -0.1) is 0 Å². The summed E-state index contributed by atoms with van der Waals surface area (Å²) in [5, 5.41) is 2.77. The Labute approximate surface area is 184 Å². The largest absolute Gasteiger partial charge is 0.489 e. The van der Waals surface area contributed by atoms with Crippen molar-refractivity contribution < 1.29 is 17.9 Å². The minimum absolute atomic E-state index is 0.105. The Balaban J connectivity index is 1.66. The van der Waals surface area contributed by atoms with E-state index in [4.69, 9.17) is 4.74 Å². The van der Waals surface area contributed by atoms with E-state index in [-0.39, 0.29) is 10.8 Å². The summed E-state index contributed by atoms with van der Waals surface area (Å²) in [5.41, 5.74) is -0.263. The number of sulfonamides is 1. The van der Waals surface area contributed by atoms with E-state index in [2.05, 4.69) is 15.0 Å². The number of nitrogens with zero attached hydrogens (tertiary/aromatic N) is 1. The van der Waals surface area contributed by atoms with Gasteiger partial charge in [0.15, 0.2) is 11.6 Å². The lowest BCUT2D eigenvalue weighted by Crippen LogP contribution is -2.40. The van der Waals surface area contributed by atoms with Gasteiger partial charge >= 0.3 is 0 Å². The van der Waals surface area contributed by atoms with Crippen LogP contribution >= 0.6 is 0 Å². The van der Waals surface area contributed by atoms with E-state index in [1.54, 1.807) is 39.1 Å². The number of amides is 1. The van der Waals surface area contributed by atoms with Gasteiger partial charge in [0.2, 0.25) is 10.0 Å². The molecule has 1 saturated carbocycles. The van der Waals surface area contributed by atoms with Crippen LogP contribution < -0.4 is 14.8 Å². The quantitative estimate of drug-likeness (QED) is 0.660. The number of hydrogen-bond acceptors (Lipinski definition) is 5. The van der Waals surface area contributed by atoms with Crippen molar-refractivity contribution in [3.63, 3.8) is 0 Å². The summed E-state index contributed by atoms with van der Waals surface area (Å²) in [7, 11) is -3.66. The van der Waals surface area contributed by atoms with Gasteiger partial charge in [-0.05, 0) is 75.9 Å². The maximum absolute atomic E-state index is 12.7. The van der Waals surface area contributed by atoms with Crippen molar-refractivity contribution in [2.45, 2.75) is 63.3 Å². The zero-order valence-electron chi connectivity index (χ0n) is 18.3. The Kier molecular flexibility index (Phi) is 7.33. The second kappa shape index (κ2) is 9.78. The van der Waals surface area contributed by atoms with Crippen molar-refractivity contribution in [2.75, 3.05) is 11.9 Å². The van der Waals surface area contributed by atoms with Crippen LogP contribution in [0.3, 0.4) is 0 Å². The number of hydrogen-bond donors (Lipinski definition) is 2. The number of carbonyl (C=O) groups is 1. The Morgan fingerprint density at radius 2 is 1.77 bits per heavy atom. The fraction of sp³-hybridized carbons (Fsp3) is 0.478. The topological polar surface area (TPSA) is 97.4 Å². The Morgan fingerprint density at radius 1 is 1.10 bits per heavy atom. The summed E-state index contributed by atoms with van der Waals surface area (Å²) in [6.45, 7) is 5.93. The highest BCUT2D eigenvalue weighted by Crippen LogP contribution is 2.27. The molecule has 168 valence electrons. The summed E-state index contributed by atoms with van der Waals surface area (Å²) >= 11 is 0. The van der Waals surface area contributed by atoms with E-state index in [1.165, 1.54) is 56.4 Å². The van der Waals surface area contributed by atoms with Gasteiger partial charge in [-0.2, -0.15) is 0 Å². The molecule has 1 aliphatic rings. The standard InChI is InChI=1S/C23H31N3O4S/c1-23(2,3)26-31(28,29)19-13-11-18(12-14-19)22(27)25-21-20(10-7-15-24-21)30-16-17-8-5-4-6-9-17/h7,10-15,17,26H,4-6,8-9,16H2,1-3H3,(H,24,25,27). The van der Waals surface area contributed by atoms with E-state index in [9.17, 15) is 13.2 Å². The average molecular weight is 446 g/mol. The van der Waals surface area contributed by atoms with Crippen LogP contribution in [0.25, 0.3) is 0 Å². The fourth-order valence-electron chi connectivity index (χ4n) is 3.59. The number of rotatable bonds is 7. The normalized spacial score (nSPS) is 15.5. The molecule has 0 atom stereocenters. The molecular formula is C23H31N3O4S. The van der Waals surface area contributed by atoms with Crippen LogP contribution in [0.2, 0.25) is 0 Å². The van der Waals surface area contributed by atoms with Crippen molar-refractivity contribution >= 4 is 21.7 Å². The first kappa shape index (κ1) is 23.2. The first-order valence-corrected chi connectivity index (χ1v) is 12.2. The zero-order chi connectivity index (χ0) is 22.5. The third-order valence-electron chi connectivity index (χ3n) is 5.07. The highest BCUT2D eigenvalue weighted by molar-refractivity contribution is 7.89. The van der Waals surface area contributed by atoms with Crippen LogP contribution in [0.5, 0.6) is 5.75 Å². The van der Waals surface area contributed by atoms with Crippen molar-refractivity contribution in [3.8, 4) is 5.75 Å². The van der Waals surface area contributed by atoms with Gasteiger partial charge in [0.05, 0.1) is 11.5 Å². The molecule has 0 radical (unpaired) electrons. The molecule has 31 heavy (non-hydrogen) atoms. The summed E-state index contributed by atoms with van der Waals surface area (Å²) in [5.74, 6) is 1.05. The molecule has 2 aromatic rings. The molecule has 0 saturated heterocycles. The summed E-state index contributed by atoms with van der Waals surface area (Å²) in [6, 6.07) is 9.37. The molecule has 3 rings (SSSR count). The minimum Gasteiger partial charge on any atom is -0.489 e. The number of anilines is 1. The number of ether oxygens (including phenoxy) is 1. The number of benzene rings is 1. The van der Waals surface area contributed by atoms with Crippen molar-refractivity contribution in [1.29, 1.82) is 0 Å². The third-order valence-corrected chi connectivity index (χ3v) is 6.84. The molecule has 0 aliphatic heterocycles. The molecule has 0 spiro atoms. The van der Waals surface area contributed by atoms with Gasteiger partial charge < -0.3 is 10.1 Å². The molecule has 8 heteroatoms. The number of nitrogens with one attached hydrogen (secondary N) is 2. The summed E-state index contributed by atoms with van der Waals surface area (Å²) < 4.78 is 33.4. The fourth-order valence-corrected chi connectivity index (χ4v) is 5.01. The summed E-state index contributed by atoms with van der Waals surface area (Å²) in [4.78, 5) is 17.0. The van der Waals surface area contributed by atoms with Gasteiger partial charge in [0.1, 0.15) is 0 Å². The lowest BCUT2D eigenvalue weighted by Gasteiger charge is -2.22. The van der Waals surface area contributed by atoms with Crippen LogP contribution in [-0.2, 0) is 10.0 Å². The molecule has 1 aliphatic carbocycles. The van der Waals surface area contributed by atoms with Gasteiger partial charge in [-0.3, -0.25) is 4.79 Å². The Hall–Kier alpha value is -2.45. The van der Waals surface area contributed by atoms with E-state index in [0.29, 0.717) is 29.7 Å². The molecule has 7 nitrogen and oxygen atoms in total. The number of pyridine rings is 1. The molecule has 1 aromatic heterocycles. The highest BCUT2D eigenvalue weighted by atomic mass is 32.2. The van der Waals surface area contributed by atoms with E-state index in [1.807, 2.05) is 0 Å². The second-order valence-electron chi connectivity index (χ2n) is 9.00. The molecular weight excluding hydrogens is 414 g/mol. The smallest absolute Gasteiger partial charge is 0.256 e. The Morgan fingerprint density at radius 3 is 2.42 bits per heavy atom. The monoisotopic (exact) mass is 445 g/mol. The van der Waals surface area contributed by atoms with Crippen molar-refractivity contribution in [3.05, 3.63) is 48.2 Å². The molecule has 1 heterocycles. The van der Waals surface area contributed by atoms with E-state index >= 15 is 0 Å². The Bertz CT molecular complexity index is 992. The van der Waals surface area contributed by atoms with E-state index < -0.39 is 15.6 Å². The molecule has 0 unspecified atom stereocenters. The maximum Gasteiger partial charge on any atom is 0.256 e. The third kappa shape index (κ3) is 6.77. The van der Waals surface area contributed by atoms with Crippen molar-refractivity contribution in [2.24, 2.45) is 5.92 Å². The van der Waals surface area contributed by atoms with Crippen LogP contribution in [0.4, 0.5) is 5.82 Å². The number of aromatic nitrogens is 1. The average Bonchev–Trinajstić information content (AvgIpc) is 2.72. The lowest BCUT2D eigenvalue weighted by atomic mass is 9.90. The van der Waals surface area contributed by atoms with Crippen LogP contribution in [0.15, 0.2) is 47.5 Å². The lowest BCUT2D eigenvalue weighted by molar-refractivity contribution is 0.102. The van der Waals surface area contributed by atoms with Crippen LogP contribution in [0, 0.1) is 5.92 Å². The summed E-state index contributed by atoms with van der Waals surface area (Å²) in [6.07, 6.45) is 7.69. The first-order valence-electron chi connectivity index (χ1n) is 10.7. The maximum atomic E-state index is 12.7. The van der Waals surface area contributed by atoms with Crippen molar-refractivity contribution in [1.82, 2.24) is 9.71 Å². The molecule has 1 aromatic carbocycles. The number of carbonyl (C=O) groups excluding carboxylic acids is 1. The molecule has 1 amide bonds. The van der Waals surface area contributed by atoms with Gasteiger partial charge in [0.25, 0.3) is 5.91 Å². The van der Waals surface area contributed by atoms with Crippen LogP contribution in [-0.4, -0.2) is 31.5 Å². The van der Waals surface area contributed by atoms with Gasteiger partial charge in [0, 0.05) is 17.3 Å². The predicted octanol–water partition coefficient (Wildman–Crippen LogP) is 4.37. The molecule has 1 fully saturated rings. The molecule has 0 bridgehead atoms. The first-order chi connectivity index (χ1) is 14.6. The minimum atomic E-state index is -3.66. The molecule has 2 N–H and O–H groups in total. The zero-order valence-corrected chi connectivity index (χ0v) is 19.2. The highest BCUT2D eigenvalue weighted by Gasteiger charge is 2.22. The van der Waals surface area contributed by atoms with Gasteiger partial charge in [-0.25, -0.2) is 18.1 Å². The predicted molar refractivity (Wildman–Crippen MR) is 121 cm³/mol. The van der Waals surface area contributed by atoms with E-state index in [0.717, 1.165) is 0 Å². The van der Waals surface area contributed by atoms with Crippen LogP contribution in [0.1, 0.15) is 63.2 Å². The SMILES string of the molecule is CC(C)(C)NS(=O)(=O)c1ccc(C(=O)Nc2ncccc2OCC2CCCCC2)cc1. The van der Waals surface area contributed by atoms with Gasteiger partial charge in [-0.1, -0.05) is 19.3 Å².